The number of amides is 1. The van der Waals surface area contributed by atoms with Crippen LogP contribution in [0.2, 0.25) is 10.0 Å². The van der Waals surface area contributed by atoms with Crippen LogP contribution in [0.3, 0.4) is 0 Å². The highest BCUT2D eigenvalue weighted by atomic mass is 35.5. The number of carbonyl (C=O) groups is 1. The second kappa shape index (κ2) is 8.56. The Kier molecular flexibility index (Phi) is 5.94. The average Bonchev–Trinajstić information content (AvgIpc) is 2.64. The number of carbonyl (C=O) groups excluding carboxylic acids is 1. The Labute approximate surface area is 160 Å². The fourth-order valence-electron chi connectivity index (χ4n) is 2.06. The molecular formula is C19H14Cl2N2O3. The van der Waals surface area contributed by atoms with E-state index in [1.807, 2.05) is 12.1 Å². The number of nitrogens with zero attached hydrogens (tertiary/aromatic N) is 1. The molecule has 2 aromatic carbocycles. The maximum absolute atomic E-state index is 12.0. The summed E-state index contributed by atoms with van der Waals surface area (Å²) in [5.41, 5.74) is 0.476. The van der Waals surface area contributed by atoms with Crippen LogP contribution in [0.25, 0.3) is 0 Å². The molecule has 0 atom stereocenters. The molecule has 1 aromatic heterocycles. The molecule has 1 amide bonds. The molecular weight excluding hydrogens is 375 g/mol. The first-order valence-corrected chi connectivity index (χ1v) is 8.42. The van der Waals surface area contributed by atoms with Crippen molar-refractivity contribution >= 4 is 34.8 Å². The predicted molar refractivity (Wildman–Crippen MR) is 101 cm³/mol. The number of halogens is 2. The molecule has 0 aliphatic carbocycles. The van der Waals surface area contributed by atoms with E-state index in [0.717, 1.165) is 0 Å². The van der Waals surface area contributed by atoms with E-state index in [-0.39, 0.29) is 12.5 Å². The van der Waals surface area contributed by atoms with Crippen molar-refractivity contribution in [2.45, 2.75) is 0 Å². The molecule has 1 heterocycles. The molecule has 0 aliphatic rings. The second-order valence-electron chi connectivity index (χ2n) is 5.20. The van der Waals surface area contributed by atoms with E-state index in [9.17, 15) is 4.79 Å². The number of rotatable bonds is 6. The lowest BCUT2D eigenvalue weighted by Gasteiger charge is -2.10. The summed E-state index contributed by atoms with van der Waals surface area (Å²) in [4.78, 5) is 16.1. The van der Waals surface area contributed by atoms with Gasteiger partial charge in [0.1, 0.15) is 11.5 Å². The molecule has 26 heavy (non-hydrogen) atoms. The van der Waals surface area contributed by atoms with Gasteiger partial charge in [0.05, 0.1) is 10.7 Å². The van der Waals surface area contributed by atoms with Gasteiger partial charge in [-0.3, -0.25) is 4.79 Å². The molecule has 0 aliphatic heterocycles. The topological polar surface area (TPSA) is 60.5 Å². The molecule has 0 spiro atoms. The third-order valence-corrected chi connectivity index (χ3v) is 3.81. The standard InChI is InChI=1S/C19H14Cl2N2O3/c20-13-4-9-17(16(21)11-13)23-18(24)12-25-14-5-7-15(8-6-14)26-19-3-1-2-10-22-19/h1-11H,12H2,(H,23,24). The number of hydrogen-bond donors (Lipinski definition) is 1. The summed E-state index contributed by atoms with van der Waals surface area (Å²) in [6.07, 6.45) is 1.65. The number of nitrogens with one attached hydrogen (secondary N) is 1. The van der Waals surface area contributed by atoms with Gasteiger partial charge in [0, 0.05) is 17.3 Å². The van der Waals surface area contributed by atoms with Crippen molar-refractivity contribution in [3.63, 3.8) is 0 Å². The minimum absolute atomic E-state index is 0.153. The van der Waals surface area contributed by atoms with Crippen molar-refractivity contribution in [3.8, 4) is 17.4 Å². The van der Waals surface area contributed by atoms with E-state index in [1.54, 1.807) is 54.7 Å². The summed E-state index contributed by atoms with van der Waals surface area (Å²) < 4.78 is 11.0. The van der Waals surface area contributed by atoms with Crippen molar-refractivity contribution in [1.82, 2.24) is 4.98 Å². The van der Waals surface area contributed by atoms with E-state index in [2.05, 4.69) is 10.3 Å². The van der Waals surface area contributed by atoms with Gasteiger partial charge in [0.2, 0.25) is 5.88 Å². The lowest BCUT2D eigenvalue weighted by atomic mass is 10.3. The van der Waals surface area contributed by atoms with Crippen LogP contribution in [0.5, 0.6) is 17.4 Å². The Morgan fingerprint density at radius 2 is 1.77 bits per heavy atom. The number of hydrogen-bond acceptors (Lipinski definition) is 4. The first-order valence-electron chi connectivity index (χ1n) is 7.67. The van der Waals surface area contributed by atoms with Gasteiger partial charge in [-0.15, -0.1) is 0 Å². The predicted octanol–water partition coefficient (Wildman–Crippen LogP) is 5.20. The van der Waals surface area contributed by atoms with Gasteiger partial charge in [0.25, 0.3) is 5.91 Å². The number of pyridine rings is 1. The Morgan fingerprint density at radius 1 is 1.00 bits per heavy atom. The molecule has 0 saturated heterocycles. The minimum atomic E-state index is -0.331. The summed E-state index contributed by atoms with van der Waals surface area (Å²) in [7, 11) is 0. The van der Waals surface area contributed by atoms with Crippen molar-refractivity contribution in [3.05, 3.63) is 76.9 Å². The zero-order valence-corrected chi connectivity index (χ0v) is 15.0. The molecule has 132 valence electrons. The van der Waals surface area contributed by atoms with Crippen molar-refractivity contribution in [1.29, 1.82) is 0 Å². The first kappa shape index (κ1) is 18.0. The zero-order valence-electron chi connectivity index (χ0n) is 13.5. The molecule has 7 heteroatoms. The Bertz CT molecular complexity index is 887. The summed E-state index contributed by atoms with van der Waals surface area (Å²) in [6.45, 7) is -0.153. The van der Waals surface area contributed by atoms with Gasteiger partial charge in [0.15, 0.2) is 6.61 Å². The number of ether oxygens (including phenoxy) is 2. The molecule has 0 radical (unpaired) electrons. The van der Waals surface area contributed by atoms with Crippen LogP contribution in [0.4, 0.5) is 5.69 Å². The fourth-order valence-corrected chi connectivity index (χ4v) is 2.51. The highest BCUT2D eigenvalue weighted by Crippen LogP contribution is 2.25. The maximum Gasteiger partial charge on any atom is 0.262 e. The van der Waals surface area contributed by atoms with E-state index in [0.29, 0.717) is 33.1 Å². The quantitative estimate of drug-likeness (QED) is 0.630. The lowest BCUT2D eigenvalue weighted by Crippen LogP contribution is -2.20. The van der Waals surface area contributed by atoms with Crippen LogP contribution in [0.15, 0.2) is 66.9 Å². The fraction of sp³-hybridized carbons (Fsp3) is 0.0526. The van der Waals surface area contributed by atoms with Gasteiger partial charge in [-0.25, -0.2) is 4.98 Å². The highest BCUT2D eigenvalue weighted by molar-refractivity contribution is 6.36. The molecule has 0 saturated carbocycles. The third-order valence-electron chi connectivity index (χ3n) is 3.26. The van der Waals surface area contributed by atoms with Gasteiger partial charge in [-0.1, -0.05) is 29.3 Å². The summed E-state index contributed by atoms with van der Waals surface area (Å²) in [5, 5.41) is 3.52. The monoisotopic (exact) mass is 388 g/mol. The normalized spacial score (nSPS) is 10.2. The zero-order chi connectivity index (χ0) is 18.4. The number of aromatic nitrogens is 1. The van der Waals surface area contributed by atoms with Crippen LogP contribution < -0.4 is 14.8 Å². The Hall–Kier alpha value is -2.76. The molecule has 5 nitrogen and oxygen atoms in total. The van der Waals surface area contributed by atoms with Crippen LogP contribution in [-0.4, -0.2) is 17.5 Å². The van der Waals surface area contributed by atoms with Crippen molar-refractivity contribution < 1.29 is 14.3 Å². The SMILES string of the molecule is O=C(COc1ccc(Oc2ccccn2)cc1)Nc1ccc(Cl)cc1Cl. The van der Waals surface area contributed by atoms with Gasteiger partial charge >= 0.3 is 0 Å². The molecule has 3 rings (SSSR count). The highest BCUT2D eigenvalue weighted by Gasteiger charge is 2.07. The van der Waals surface area contributed by atoms with Crippen LogP contribution in [-0.2, 0) is 4.79 Å². The number of benzene rings is 2. The van der Waals surface area contributed by atoms with E-state index in [1.165, 1.54) is 0 Å². The van der Waals surface area contributed by atoms with E-state index < -0.39 is 0 Å². The van der Waals surface area contributed by atoms with Crippen LogP contribution >= 0.6 is 23.2 Å². The van der Waals surface area contributed by atoms with Gasteiger partial charge < -0.3 is 14.8 Å². The van der Waals surface area contributed by atoms with Gasteiger partial charge in [-0.05, 0) is 48.5 Å². The summed E-state index contributed by atoms with van der Waals surface area (Å²) in [5.74, 6) is 1.33. The number of anilines is 1. The van der Waals surface area contributed by atoms with E-state index in [4.69, 9.17) is 32.7 Å². The van der Waals surface area contributed by atoms with Crippen molar-refractivity contribution in [2.75, 3.05) is 11.9 Å². The maximum atomic E-state index is 12.0. The third kappa shape index (κ3) is 5.12. The van der Waals surface area contributed by atoms with Crippen LogP contribution in [0, 0.1) is 0 Å². The smallest absolute Gasteiger partial charge is 0.262 e. The molecule has 0 fully saturated rings. The lowest BCUT2D eigenvalue weighted by molar-refractivity contribution is -0.118. The van der Waals surface area contributed by atoms with Crippen molar-refractivity contribution in [2.24, 2.45) is 0 Å². The Morgan fingerprint density at radius 3 is 2.46 bits per heavy atom. The summed E-state index contributed by atoms with van der Waals surface area (Å²) in [6, 6.07) is 17.1. The van der Waals surface area contributed by atoms with E-state index >= 15 is 0 Å². The van der Waals surface area contributed by atoms with Gasteiger partial charge in [-0.2, -0.15) is 0 Å². The first-order chi connectivity index (χ1) is 12.6. The average molecular weight is 389 g/mol. The second-order valence-corrected chi connectivity index (χ2v) is 6.05. The van der Waals surface area contributed by atoms with Crippen LogP contribution in [0.1, 0.15) is 0 Å². The molecule has 0 bridgehead atoms. The molecule has 0 unspecified atom stereocenters. The summed E-state index contributed by atoms with van der Waals surface area (Å²) >= 11 is 11.8. The molecule has 3 aromatic rings. The Balaban J connectivity index is 1.52. The molecule has 1 N–H and O–H groups in total. The largest absolute Gasteiger partial charge is 0.484 e. The minimum Gasteiger partial charge on any atom is -0.484 e.